The van der Waals surface area contributed by atoms with Crippen LogP contribution in [0.2, 0.25) is 0 Å². The van der Waals surface area contributed by atoms with Crippen molar-refractivity contribution in [3.63, 3.8) is 0 Å². The maximum absolute atomic E-state index is 11.6. The first-order chi connectivity index (χ1) is 6.62. The Kier molecular flexibility index (Phi) is 9.66. The Balaban J connectivity index is 3.46. The molecule has 86 valence electrons. The number of hydrogen-bond donors (Lipinski definition) is 2. The van der Waals surface area contributed by atoms with Gasteiger partial charge in [0.15, 0.2) is 0 Å². The summed E-state index contributed by atoms with van der Waals surface area (Å²) in [6.07, 6.45) is 5.64. The first kappa shape index (κ1) is 14.8. The zero-order valence-corrected chi connectivity index (χ0v) is 11.2. The van der Waals surface area contributed by atoms with E-state index in [0.717, 1.165) is 25.0 Å². The van der Waals surface area contributed by atoms with Crippen molar-refractivity contribution in [1.29, 1.82) is 0 Å². The van der Waals surface area contributed by atoms with Crippen LogP contribution in [-0.4, -0.2) is 35.8 Å². The molecule has 1 atom stereocenters. The van der Waals surface area contributed by atoms with Crippen LogP contribution in [0, 0.1) is 0 Å². The average molecular weight is 257 g/mol. The van der Waals surface area contributed by atoms with Gasteiger partial charge in [-0.2, -0.15) is 0 Å². The van der Waals surface area contributed by atoms with E-state index in [9.17, 15) is 9.46 Å². The average Bonchev–Trinajstić information content (AvgIpc) is 2.13. The molecule has 6 heteroatoms. The molecular formula is C8H20NO2PS2. The Morgan fingerprint density at radius 1 is 1.29 bits per heavy atom. The summed E-state index contributed by atoms with van der Waals surface area (Å²) in [6.45, 7) is 0.679. The molecule has 0 aliphatic heterocycles. The molecule has 0 aliphatic rings. The fourth-order valence-corrected chi connectivity index (χ4v) is 4.77. The number of hydrogen-bond acceptors (Lipinski definition) is 4. The van der Waals surface area contributed by atoms with Crippen molar-refractivity contribution in [3.8, 4) is 0 Å². The first-order valence-corrected chi connectivity index (χ1v) is 9.54. The van der Waals surface area contributed by atoms with Crippen LogP contribution in [0.3, 0.4) is 0 Å². The van der Waals surface area contributed by atoms with Crippen LogP contribution in [0.15, 0.2) is 0 Å². The molecule has 0 aromatic carbocycles. The third kappa shape index (κ3) is 9.41. The van der Waals surface area contributed by atoms with E-state index in [1.54, 1.807) is 21.6 Å². The molecule has 0 amide bonds. The standard InChI is InChI=1S/C8H20NO2PS2/c1-13-14-8-7-12(10,11)6-4-2-3-5-9/h2-9H2,1H3,(H,10,11). The third-order valence-corrected chi connectivity index (χ3v) is 5.91. The quantitative estimate of drug-likeness (QED) is 0.377. The van der Waals surface area contributed by atoms with Crippen LogP contribution in [0.25, 0.3) is 0 Å². The van der Waals surface area contributed by atoms with Crippen molar-refractivity contribution >= 4 is 29.0 Å². The van der Waals surface area contributed by atoms with E-state index < -0.39 is 7.37 Å². The SMILES string of the molecule is CSSCCP(=O)(O)CCCCCN. The molecule has 0 aliphatic carbocycles. The topological polar surface area (TPSA) is 63.3 Å². The van der Waals surface area contributed by atoms with Gasteiger partial charge >= 0.3 is 0 Å². The second-order valence-corrected chi connectivity index (χ2v) is 8.40. The van der Waals surface area contributed by atoms with Crippen LogP contribution < -0.4 is 5.73 Å². The van der Waals surface area contributed by atoms with Gasteiger partial charge < -0.3 is 10.6 Å². The predicted octanol–water partition coefficient (Wildman–Crippen LogP) is 2.40. The molecule has 0 bridgehead atoms. The molecule has 1 unspecified atom stereocenters. The Morgan fingerprint density at radius 3 is 2.57 bits per heavy atom. The van der Waals surface area contributed by atoms with Crippen molar-refractivity contribution < 1.29 is 9.46 Å². The molecule has 0 saturated heterocycles. The third-order valence-electron chi connectivity index (χ3n) is 1.85. The lowest BCUT2D eigenvalue weighted by molar-refractivity contribution is 0.476. The fraction of sp³-hybridized carbons (Fsp3) is 1.00. The summed E-state index contributed by atoms with van der Waals surface area (Å²) >= 11 is 0. The number of rotatable bonds is 9. The van der Waals surface area contributed by atoms with E-state index in [1.807, 2.05) is 6.26 Å². The lowest BCUT2D eigenvalue weighted by Gasteiger charge is -2.10. The lowest BCUT2D eigenvalue weighted by Crippen LogP contribution is -2.00. The fourth-order valence-electron chi connectivity index (χ4n) is 1.06. The zero-order chi connectivity index (χ0) is 10.9. The normalized spacial score (nSPS) is 15.4. The van der Waals surface area contributed by atoms with Crippen molar-refractivity contribution in [2.45, 2.75) is 19.3 Å². The summed E-state index contributed by atoms with van der Waals surface area (Å²) in [4.78, 5) is 9.54. The molecule has 0 rings (SSSR count). The van der Waals surface area contributed by atoms with E-state index in [2.05, 4.69) is 0 Å². The number of unbranched alkanes of at least 4 members (excludes halogenated alkanes) is 2. The van der Waals surface area contributed by atoms with Gasteiger partial charge in [-0.05, 0) is 25.6 Å². The molecule has 0 fully saturated rings. The Labute approximate surface area is 94.5 Å². The van der Waals surface area contributed by atoms with E-state index in [-0.39, 0.29) is 0 Å². The summed E-state index contributed by atoms with van der Waals surface area (Å²) in [5, 5.41) is 0. The van der Waals surface area contributed by atoms with Crippen LogP contribution in [-0.2, 0) is 4.57 Å². The van der Waals surface area contributed by atoms with E-state index in [1.165, 1.54) is 0 Å². The molecule has 0 aromatic heterocycles. The van der Waals surface area contributed by atoms with Gasteiger partial charge in [0.05, 0.1) is 0 Å². The van der Waals surface area contributed by atoms with Gasteiger partial charge in [0.1, 0.15) is 0 Å². The van der Waals surface area contributed by atoms with Crippen molar-refractivity contribution in [2.75, 3.05) is 30.9 Å². The highest BCUT2D eigenvalue weighted by atomic mass is 33.1. The summed E-state index contributed by atoms with van der Waals surface area (Å²) < 4.78 is 11.6. The maximum atomic E-state index is 11.6. The van der Waals surface area contributed by atoms with Gasteiger partial charge in [-0.1, -0.05) is 28.0 Å². The van der Waals surface area contributed by atoms with E-state index >= 15 is 0 Å². The minimum absolute atomic E-state index is 0.446. The van der Waals surface area contributed by atoms with Crippen LogP contribution in [0.5, 0.6) is 0 Å². The van der Waals surface area contributed by atoms with Crippen LogP contribution >= 0.6 is 29.0 Å². The Hall–Kier alpha value is 0.850. The summed E-state index contributed by atoms with van der Waals surface area (Å²) in [6, 6.07) is 0. The maximum Gasteiger partial charge on any atom is 0.201 e. The minimum Gasteiger partial charge on any atom is -0.344 e. The molecule has 3 N–H and O–H groups in total. The predicted molar refractivity (Wildman–Crippen MR) is 68.4 cm³/mol. The van der Waals surface area contributed by atoms with Crippen molar-refractivity contribution in [1.82, 2.24) is 0 Å². The van der Waals surface area contributed by atoms with Gasteiger partial charge in [0.25, 0.3) is 0 Å². The molecule has 0 radical (unpaired) electrons. The lowest BCUT2D eigenvalue weighted by atomic mass is 10.2. The van der Waals surface area contributed by atoms with Gasteiger partial charge in [-0.3, -0.25) is 4.57 Å². The molecule has 0 saturated carbocycles. The Morgan fingerprint density at radius 2 is 2.00 bits per heavy atom. The first-order valence-electron chi connectivity index (χ1n) is 4.79. The van der Waals surface area contributed by atoms with Gasteiger partial charge in [0, 0.05) is 18.1 Å². The summed E-state index contributed by atoms with van der Waals surface area (Å²) in [5.41, 5.74) is 5.34. The molecular weight excluding hydrogens is 237 g/mol. The molecule has 3 nitrogen and oxygen atoms in total. The van der Waals surface area contributed by atoms with Crippen molar-refractivity contribution in [2.24, 2.45) is 5.73 Å². The molecule has 0 aromatic rings. The highest BCUT2D eigenvalue weighted by Crippen LogP contribution is 2.42. The second kappa shape index (κ2) is 9.10. The van der Waals surface area contributed by atoms with Crippen molar-refractivity contribution in [3.05, 3.63) is 0 Å². The molecule has 14 heavy (non-hydrogen) atoms. The Bertz CT molecular complexity index is 181. The van der Waals surface area contributed by atoms with Crippen LogP contribution in [0.1, 0.15) is 19.3 Å². The van der Waals surface area contributed by atoms with Gasteiger partial charge in [-0.25, -0.2) is 0 Å². The van der Waals surface area contributed by atoms with Crippen LogP contribution in [0.4, 0.5) is 0 Å². The van der Waals surface area contributed by atoms with Gasteiger partial charge in [-0.15, -0.1) is 0 Å². The van der Waals surface area contributed by atoms with E-state index in [4.69, 9.17) is 5.73 Å². The van der Waals surface area contributed by atoms with E-state index in [0.29, 0.717) is 18.9 Å². The minimum atomic E-state index is -2.84. The zero-order valence-electron chi connectivity index (χ0n) is 8.65. The highest BCUT2D eigenvalue weighted by Gasteiger charge is 2.16. The second-order valence-electron chi connectivity index (χ2n) is 3.13. The summed E-state index contributed by atoms with van der Waals surface area (Å²) in [7, 11) is 0.448. The summed E-state index contributed by atoms with van der Waals surface area (Å²) in [5.74, 6) is 0.770. The molecule has 0 spiro atoms. The number of nitrogens with two attached hydrogens (primary N) is 1. The van der Waals surface area contributed by atoms with Gasteiger partial charge in [0.2, 0.25) is 7.37 Å². The smallest absolute Gasteiger partial charge is 0.201 e. The highest BCUT2D eigenvalue weighted by molar-refractivity contribution is 8.76. The molecule has 0 heterocycles. The largest absolute Gasteiger partial charge is 0.344 e. The monoisotopic (exact) mass is 257 g/mol.